The van der Waals surface area contributed by atoms with Gasteiger partial charge in [-0.05, 0) is 25.5 Å². The molecule has 0 aliphatic carbocycles. The predicted octanol–water partition coefficient (Wildman–Crippen LogP) is 1.70. The monoisotopic (exact) mass is 290 g/mol. The van der Waals surface area contributed by atoms with Crippen molar-refractivity contribution >= 4 is 17.2 Å². The van der Waals surface area contributed by atoms with E-state index < -0.39 is 0 Å². The maximum Gasteiger partial charge on any atom is 0.255 e. The fourth-order valence-corrected chi connectivity index (χ4v) is 3.24. The van der Waals surface area contributed by atoms with E-state index in [2.05, 4.69) is 10.00 Å². The molecule has 0 fully saturated rings. The average molecular weight is 290 g/mol. The summed E-state index contributed by atoms with van der Waals surface area (Å²) in [5, 5.41) is 8.42. The summed E-state index contributed by atoms with van der Waals surface area (Å²) >= 11 is 1.56. The van der Waals surface area contributed by atoms with Crippen LogP contribution in [0.1, 0.15) is 27.3 Å². The minimum atomic E-state index is 0.109. The first kappa shape index (κ1) is 13.3. The lowest BCUT2D eigenvalue weighted by Gasteiger charge is -2.16. The molecule has 1 aliphatic rings. The lowest BCUT2D eigenvalue weighted by molar-refractivity contribution is 0.0748. The van der Waals surface area contributed by atoms with Crippen molar-refractivity contribution in [2.75, 3.05) is 14.1 Å². The van der Waals surface area contributed by atoms with Crippen LogP contribution in [0.2, 0.25) is 0 Å². The van der Waals surface area contributed by atoms with Crippen LogP contribution in [-0.4, -0.2) is 39.6 Å². The highest BCUT2D eigenvalue weighted by atomic mass is 32.1. The molecule has 2 aromatic rings. The maximum absolute atomic E-state index is 12.4. The van der Waals surface area contributed by atoms with Gasteiger partial charge >= 0.3 is 0 Å². The van der Waals surface area contributed by atoms with Gasteiger partial charge in [-0.3, -0.25) is 9.48 Å². The van der Waals surface area contributed by atoms with Gasteiger partial charge < -0.3 is 9.80 Å². The van der Waals surface area contributed by atoms with Crippen LogP contribution < -0.4 is 0 Å². The van der Waals surface area contributed by atoms with Crippen molar-refractivity contribution in [3.8, 4) is 0 Å². The zero-order valence-corrected chi connectivity index (χ0v) is 12.8. The van der Waals surface area contributed by atoms with Gasteiger partial charge in [0.2, 0.25) is 0 Å². The molecule has 1 amide bonds. The van der Waals surface area contributed by atoms with Crippen molar-refractivity contribution in [2.24, 2.45) is 7.05 Å². The minimum absolute atomic E-state index is 0.109. The molecule has 0 spiro atoms. The second-order valence-corrected chi connectivity index (χ2v) is 6.19. The molecule has 106 valence electrons. The largest absolute Gasteiger partial charge is 0.328 e. The summed E-state index contributed by atoms with van der Waals surface area (Å²) in [6.07, 6.45) is 0. The molecular weight excluding hydrogens is 272 g/mol. The quantitative estimate of drug-likeness (QED) is 0.864. The second-order valence-electron chi connectivity index (χ2n) is 5.41. The molecule has 0 bridgehead atoms. The Kier molecular flexibility index (Phi) is 3.35. The Labute approximate surface area is 122 Å². The SMILES string of the molecule is CN(C)Cc1nn(C)c2c1CN(C(=O)c1ccsc1)C2. The summed E-state index contributed by atoms with van der Waals surface area (Å²) in [6, 6.07) is 1.88. The molecule has 5 nitrogen and oxygen atoms in total. The number of amides is 1. The molecular formula is C14H18N4OS. The Morgan fingerprint density at radius 3 is 2.90 bits per heavy atom. The molecule has 0 atom stereocenters. The molecule has 3 rings (SSSR count). The van der Waals surface area contributed by atoms with Crippen LogP contribution in [0.3, 0.4) is 0 Å². The van der Waals surface area contributed by atoms with Crippen molar-refractivity contribution in [2.45, 2.75) is 19.6 Å². The summed E-state index contributed by atoms with van der Waals surface area (Å²) in [5.74, 6) is 0.109. The summed E-state index contributed by atoms with van der Waals surface area (Å²) in [6.45, 7) is 2.13. The third-order valence-corrected chi connectivity index (χ3v) is 4.25. The van der Waals surface area contributed by atoms with E-state index in [0.29, 0.717) is 13.1 Å². The van der Waals surface area contributed by atoms with E-state index >= 15 is 0 Å². The first-order chi connectivity index (χ1) is 9.56. The van der Waals surface area contributed by atoms with Gasteiger partial charge in [-0.1, -0.05) is 0 Å². The lowest BCUT2D eigenvalue weighted by atomic mass is 10.2. The number of carbonyl (C=O) groups excluding carboxylic acids is 1. The van der Waals surface area contributed by atoms with Gasteiger partial charge in [0, 0.05) is 24.5 Å². The van der Waals surface area contributed by atoms with Gasteiger partial charge in [-0.15, -0.1) is 0 Å². The topological polar surface area (TPSA) is 41.4 Å². The molecule has 20 heavy (non-hydrogen) atoms. The van der Waals surface area contributed by atoms with E-state index in [4.69, 9.17) is 0 Å². The zero-order valence-electron chi connectivity index (χ0n) is 12.0. The van der Waals surface area contributed by atoms with E-state index in [0.717, 1.165) is 23.5 Å². The first-order valence-electron chi connectivity index (χ1n) is 6.56. The number of rotatable bonds is 3. The van der Waals surface area contributed by atoms with Gasteiger partial charge in [0.05, 0.1) is 30.0 Å². The van der Waals surface area contributed by atoms with Gasteiger partial charge in [-0.2, -0.15) is 16.4 Å². The highest BCUT2D eigenvalue weighted by Gasteiger charge is 2.30. The van der Waals surface area contributed by atoms with Crippen molar-refractivity contribution in [3.05, 3.63) is 39.3 Å². The van der Waals surface area contributed by atoms with E-state index in [-0.39, 0.29) is 5.91 Å². The number of hydrogen-bond donors (Lipinski definition) is 0. The summed E-state index contributed by atoms with van der Waals surface area (Å²) in [5.41, 5.74) is 4.23. The Morgan fingerprint density at radius 1 is 1.45 bits per heavy atom. The van der Waals surface area contributed by atoms with E-state index in [1.807, 2.05) is 47.6 Å². The smallest absolute Gasteiger partial charge is 0.255 e. The number of aromatic nitrogens is 2. The number of nitrogens with zero attached hydrogens (tertiary/aromatic N) is 4. The zero-order chi connectivity index (χ0) is 14.3. The third-order valence-electron chi connectivity index (χ3n) is 3.57. The highest BCUT2D eigenvalue weighted by molar-refractivity contribution is 7.08. The standard InChI is InChI=1S/C14H18N4OS/c1-16(2)7-12-11-6-18(8-13(11)17(3)15-12)14(19)10-4-5-20-9-10/h4-5,9H,6-8H2,1-3H3. The van der Waals surface area contributed by atoms with Gasteiger partial charge in [0.1, 0.15) is 0 Å². The van der Waals surface area contributed by atoms with E-state index in [1.165, 1.54) is 5.56 Å². The lowest BCUT2D eigenvalue weighted by Crippen LogP contribution is -2.26. The molecule has 0 N–H and O–H groups in total. The van der Waals surface area contributed by atoms with Crippen LogP contribution in [0.5, 0.6) is 0 Å². The van der Waals surface area contributed by atoms with Crippen LogP contribution in [0.25, 0.3) is 0 Å². The first-order valence-corrected chi connectivity index (χ1v) is 7.50. The molecule has 0 aromatic carbocycles. The number of fused-ring (bicyclic) bond motifs is 1. The summed E-state index contributed by atoms with van der Waals surface area (Å²) in [7, 11) is 6.02. The van der Waals surface area contributed by atoms with E-state index in [9.17, 15) is 4.79 Å². The summed E-state index contributed by atoms with van der Waals surface area (Å²) in [4.78, 5) is 16.4. The minimum Gasteiger partial charge on any atom is -0.328 e. The number of aryl methyl sites for hydroxylation is 1. The van der Waals surface area contributed by atoms with Crippen molar-refractivity contribution in [3.63, 3.8) is 0 Å². The van der Waals surface area contributed by atoms with E-state index in [1.54, 1.807) is 11.3 Å². The van der Waals surface area contributed by atoms with Crippen molar-refractivity contribution in [1.82, 2.24) is 19.6 Å². The molecule has 0 saturated carbocycles. The Bertz CT molecular complexity index is 630. The number of thiophene rings is 1. The van der Waals surface area contributed by atoms with Crippen LogP contribution >= 0.6 is 11.3 Å². The molecule has 0 radical (unpaired) electrons. The highest BCUT2D eigenvalue weighted by Crippen LogP contribution is 2.27. The van der Waals surface area contributed by atoms with Crippen LogP contribution in [0.4, 0.5) is 0 Å². The van der Waals surface area contributed by atoms with Crippen molar-refractivity contribution in [1.29, 1.82) is 0 Å². The predicted molar refractivity (Wildman–Crippen MR) is 78.5 cm³/mol. The van der Waals surface area contributed by atoms with Crippen LogP contribution in [-0.2, 0) is 26.7 Å². The van der Waals surface area contributed by atoms with Crippen molar-refractivity contribution < 1.29 is 4.79 Å². The molecule has 2 aromatic heterocycles. The van der Waals surface area contributed by atoms with Gasteiger partial charge in [0.25, 0.3) is 5.91 Å². The normalized spacial score (nSPS) is 14.1. The molecule has 6 heteroatoms. The molecule has 3 heterocycles. The Hall–Kier alpha value is -1.66. The van der Waals surface area contributed by atoms with Gasteiger partial charge in [0.15, 0.2) is 0 Å². The molecule has 1 aliphatic heterocycles. The molecule has 0 saturated heterocycles. The number of hydrogen-bond acceptors (Lipinski definition) is 4. The fourth-order valence-electron chi connectivity index (χ4n) is 2.61. The summed E-state index contributed by atoms with van der Waals surface area (Å²) < 4.78 is 1.91. The maximum atomic E-state index is 12.4. The van der Waals surface area contributed by atoms with Gasteiger partial charge in [-0.25, -0.2) is 0 Å². The van der Waals surface area contributed by atoms with Crippen LogP contribution in [0.15, 0.2) is 16.8 Å². The molecule has 0 unspecified atom stereocenters. The average Bonchev–Trinajstić information content (AvgIpc) is 3.09. The Balaban J connectivity index is 1.83. The number of carbonyl (C=O) groups is 1. The fraction of sp³-hybridized carbons (Fsp3) is 0.429. The van der Waals surface area contributed by atoms with Crippen LogP contribution in [0, 0.1) is 0 Å². The Morgan fingerprint density at radius 2 is 2.25 bits per heavy atom. The third kappa shape index (κ3) is 2.25. The second kappa shape index (κ2) is 5.03.